The van der Waals surface area contributed by atoms with Gasteiger partial charge in [-0.1, -0.05) is 24.3 Å². The molecule has 1 spiro atoms. The summed E-state index contributed by atoms with van der Waals surface area (Å²) < 4.78 is 2.45. The van der Waals surface area contributed by atoms with Crippen molar-refractivity contribution in [1.82, 2.24) is 14.8 Å². The summed E-state index contributed by atoms with van der Waals surface area (Å²) in [6, 6.07) is 8.97. The Kier molecular flexibility index (Phi) is 2.99. The number of fused-ring (bicyclic) bond motifs is 5. The zero-order chi connectivity index (χ0) is 16.3. The SMILES string of the molecule is CN1C2=C(CCC=C2)c2c(c3ccccc3n2C)C12CCNCC2. The molecule has 3 aliphatic rings. The fraction of sp³-hybridized carbons (Fsp3) is 0.429. The molecular weight excluding hydrogens is 294 g/mol. The summed E-state index contributed by atoms with van der Waals surface area (Å²) in [6.45, 7) is 2.19. The molecule has 3 heteroatoms. The molecule has 1 aromatic carbocycles. The third kappa shape index (κ3) is 1.66. The first-order chi connectivity index (χ1) is 11.7. The number of aryl methyl sites for hydroxylation is 1. The molecular formula is C21H25N3. The zero-order valence-corrected chi connectivity index (χ0v) is 14.6. The minimum atomic E-state index is 0.127. The first-order valence-corrected chi connectivity index (χ1v) is 9.16. The van der Waals surface area contributed by atoms with E-state index in [2.05, 4.69) is 65.3 Å². The smallest absolute Gasteiger partial charge is 0.0701 e. The third-order valence-corrected chi connectivity index (χ3v) is 6.44. The average molecular weight is 319 g/mol. The highest BCUT2D eigenvalue weighted by Crippen LogP contribution is 2.52. The van der Waals surface area contributed by atoms with Crippen LogP contribution in [0.3, 0.4) is 0 Å². The van der Waals surface area contributed by atoms with E-state index in [9.17, 15) is 0 Å². The Balaban J connectivity index is 1.91. The number of hydrogen-bond donors (Lipinski definition) is 1. The molecule has 1 aliphatic carbocycles. The number of nitrogens with one attached hydrogen (secondary N) is 1. The molecule has 1 aromatic heterocycles. The molecule has 0 amide bonds. The highest BCUT2D eigenvalue weighted by atomic mass is 15.2. The molecule has 124 valence electrons. The Morgan fingerprint density at radius 2 is 1.88 bits per heavy atom. The monoisotopic (exact) mass is 319 g/mol. The van der Waals surface area contributed by atoms with Gasteiger partial charge in [0, 0.05) is 36.3 Å². The van der Waals surface area contributed by atoms with E-state index in [0.29, 0.717) is 0 Å². The van der Waals surface area contributed by atoms with Gasteiger partial charge in [-0.2, -0.15) is 0 Å². The van der Waals surface area contributed by atoms with Crippen LogP contribution in [0.4, 0.5) is 0 Å². The summed E-state index contributed by atoms with van der Waals surface area (Å²) in [5.41, 5.74) is 7.56. The van der Waals surface area contributed by atoms with Gasteiger partial charge in [0.05, 0.1) is 11.2 Å². The largest absolute Gasteiger partial charge is 0.364 e. The Hall–Kier alpha value is -2.00. The lowest BCUT2D eigenvalue weighted by atomic mass is 9.73. The molecule has 3 heterocycles. The molecule has 1 N–H and O–H groups in total. The van der Waals surface area contributed by atoms with Crippen molar-refractivity contribution in [3.8, 4) is 0 Å². The number of aromatic nitrogens is 1. The average Bonchev–Trinajstić information content (AvgIpc) is 2.95. The number of benzene rings is 1. The molecule has 24 heavy (non-hydrogen) atoms. The van der Waals surface area contributed by atoms with E-state index >= 15 is 0 Å². The van der Waals surface area contributed by atoms with Crippen molar-refractivity contribution in [2.45, 2.75) is 31.2 Å². The van der Waals surface area contributed by atoms with Gasteiger partial charge in [0.25, 0.3) is 0 Å². The van der Waals surface area contributed by atoms with Gasteiger partial charge >= 0.3 is 0 Å². The molecule has 2 aliphatic heterocycles. The van der Waals surface area contributed by atoms with Crippen LogP contribution >= 0.6 is 0 Å². The topological polar surface area (TPSA) is 20.2 Å². The van der Waals surface area contributed by atoms with Gasteiger partial charge in [-0.25, -0.2) is 0 Å². The van der Waals surface area contributed by atoms with Crippen molar-refractivity contribution in [1.29, 1.82) is 0 Å². The van der Waals surface area contributed by atoms with Crippen molar-refractivity contribution in [3.05, 3.63) is 53.4 Å². The quantitative estimate of drug-likeness (QED) is 0.798. The van der Waals surface area contributed by atoms with E-state index in [4.69, 9.17) is 0 Å². The van der Waals surface area contributed by atoms with Crippen molar-refractivity contribution in [2.24, 2.45) is 7.05 Å². The fourth-order valence-corrected chi connectivity index (χ4v) is 5.25. The predicted molar refractivity (Wildman–Crippen MR) is 99.8 cm³/mol. The lowest BCUT2D eigenvalue weighted by Gasteiger charge is -2.51. The number of rotatable bonds is 0. The fourth-order valence-electron chi connectivity index (χ4n) is 5.25. The maximum atomic E-state index is 3.57. The first kappa shape index (κ1) is 14.4. The van der Waals surface area contributed by atoms with Gasteiger partial charge < -0.3 is 14.8 Å². The first-order valence-electron chi connectivity index (χ1n) is 9.16. The molecule has 0 atom stereocenters. The van der Waals surface area contributed by atoms with Crippen LogP contribution < -0.4 is 5.32 Å². The van der Waals surface area contributed by atoms with Crippen molar-refractivity contribution >= 4 is 16.5 Å². The lowest BCUT2D eigenvalue weighted by Crippen LogP contribution is -2.52. The number of allylic oxidation sites excluding steroid dienone is 3. The molecule has 5 rings (SSSR count). The molecule has 1 fully saturated rings. The van der Waals surface area contributed by atoms with Gasteiger partial charge in [-0.15, -0.1) is 0 Å². The van der Waals surface area contributed by atoms with Crippen LogP contribution in [0.25, 0.3) is 16.5 Å². The number of likely N-dealkylation sites (N-methyl/N-ethyl adjacent to an activating group) is 1. The van der Waals surface area contributed by atoms with E-state index in [0.717, 1.165) is 25.9 Å². The zero-order valence-electron chi connectivity index (χ0n) is 14.6. The van der Waals surface area contributed by atoms with Gasteiger partial charge in [-0.05, 0) is 56.5 Å². The maximum Gasteiger partial charge on any atom is 0.0701 e. The Morgan fingerprint density at radius 1 is 1.08 bits per heavy atom. The van der Waals surface area contributed by atoms with Gasteiger partial charge in [0.15, 0.2) is 0 Å². The van der Waals surface area contributed by atoms with Crippen LogP contribution in [0.1, 0.15) is 36.9 Å². The van der Waals surface area contributed by atoms with E-state index < -0.39 is 0 Å². The Bertz CT molecular complexity index is 878. The van der Waals surface area contributed by atoms with E-state index in [1.165, 1.54) is 40.7 Å². The highest BCUT2D eigenvalue weighted by molar-refractivity contribution is 5.93. The molecule has 2 aromatic rings. The van der Waals surface area contributed by atoms with E-state index in [-0.39, 0.29) is 5.54 Å². The second-order valence-corrected chi connectivity index (χ2v) is 7.45. The van der Waals surface area contributed by atoms with E-state index in [1.54, 1.807) is 5.56 Å². The summed E-state index contributed by atoms with van der Waals surface area (Å²) in [7, 11) is 4.57. The maximum absolute atomic E-state index is 3.57. The minimum absolute atomic E-state index is 0.127. The Labute approximate surface area is 143 Å². The lowest BCUT2D eigenvalue weighted by molar-refractivity contribution is 0.115. The van der Waals surface area contributed by atoms with Crippen molar-refractivity contribution in [2.75, 3.05) is 20.1 Å². The van der Waals surface area contributed by atoms with Gasteiger partial charge in [0.1, 0.15) is 0 Å². The standard InChI is InChI=1S/C21H25N3/c1-23-17-9-5-3-7-15(17)19-20(23)16-8-4-6-10-18(16)24(2)21(19)11-13-22-14-12-21/h3,5-7,9-10,22H,4,8,11-14H2,1-2H3. The summed E-state index contributed by atoms with van der Waals surface area (Å²) >= 11 is 0. The predicted octanol–water partition coefficient (Wildman–Crippen LogP) is 3.76. The summed E-state index contributed by atoms with van der Waals surface area (Å²) in [5, 5.41) is 5.02. The number of nitrogens with zero attached hydrogens (tertiary/aromatic N) is 2. The number of piperidine rings is 1. The normalized spacial score (nSPS) is 22.2. The van der Waals surface area contributed by atoms with Crippen LogP contribution in [-0.4, -0.2) is 29.6 Å². The second-order valence-electron chi connectivity index (χ2n) is 7.45. The van der Waals surface area contributed by atoms with Crippen LogP contribution in [-0.2, 0) is 12.6 Å². The summed E-state index contributed by atoms with van der Waals surface area (Å²) in [4.78, 5) is 2.60. The van der Waals surface area contributed by atoms with Crippen LogP contribution in [0.15, 0.2) is 42.1 Å². The van der Waals surface area contributed by atoms with E-state index in [1.807, 2.05) is 0 Å². The molecule has 0 bridgehead atoms. The molecule has 0 unspecified atom stereocenters. The molecule has 0 saturated carbocycles. The van der Waals surface area contributed by atoms with Gasteiger partial charge in [-0.3, -0.25) is 0 Å². The minimum Gasteiger partial charge on any atom is -0.364 e. The Morgan fingerprint density at radius 3 is 2.71 bits per heavy atom. The van der Waals surface area contributed by atoms with Crippen molar-refractivity contribution in [3.63, 3.8) is 0 Å². The summed E-state index contributed by atoms with van der Waals surface area (Å²) in [5.74, 6) is 0. The molecule has 1 saturated heterocycles. The highest BCUT2D eigenvalue weighted by Gasteiger charge is 2.46. The number of hydrogen-bond acceptors (Lipinski definition) is 2. The van der Waals surface area contributed by atoms with Crippen LogP contribution in [0.2, 0.25) is 0 Å². The molecule has 3 nitrogen and oxygen atoms in total. The van der Waals surface area contributed by atoms with Gasteiger partial charge in [0.2, 0.25) is 0 Å². The summed E-state index contributed by atoms with van der Waals surface area (Å²) in [6.07, 6.45) is 9.37. The third-order valence-electron chi connectivity index (χ3n) is 6.44. The second kappa shape index (κ2) is 5.00. The van der Waals surface area contributed by atoms with Crippen molar-refractivity contribution < 1.29 is 0 Å². The van der Waals surface area contributed by atoms with Crippen LogP contribution in [0, 0.1) is 0 Å². The number of para-hydroxylation sites is 1. The molecule has 0 radical (unpaired) electrons. The van der Waals surface area contributed by atoms with Crippen LogP contribution in [0.5, 0.6) is 0 Å².